The Morgan fingerprint density at radius 3 is 0.857 bits per heavy atom. The molecule has 0 bridgehead atoms. The minimum absolute atomic E-state index is 0.151. The van der Waals surface area contributed by atoms with Crippen molar-refractivity contribution in [1.82, 2.24) is 0 Å². The Morgan fingerprint density at radius 2 is 0.508 bits per heavy atom. The molecular formula is C122H128F4. The van der Waals surface area contributed by atoms with Gasteiger partial charge in [0.2, 0.25) is 0 Å². The zero-order valence-electron chi connectivity index (χ0n) is 77.4. The van der Waals surface area contributed by atoms with Gasteiger partial charge in [-0.3, -0.25) is 0 Å². The first kappa shape index (κ1) is 97.1. The van der Waals surface area contributed by atoms with E-state index < -0.39 is 17.5 Å². The zero-order valence-corrected chi connectivity index (χ0v) is 77.4. The van der Waals surface area contributed by atoms with Crippen molar-refractivity contribution in [3.05, 3.63) is 478 Å². The van der Waals surface area contributed by atoms with Crippen LogP contribution < -0.4 is 0 Å². The van der Waals surface area contributed by atoms with Crippen LogP contribution in [0, 0.1) is 96.4 Å². The first-order valence-electron chi connectivity index (χ1n) is 44.5. The molecule has 0 amide bonds. The molecule has 4 heteroatoms. The normalized spacial score (nSPS) is 10.6. The minimum atomic E-state index is -0.888. The van der Waals surface area contributed by atoms with E-state index in [0.717, 1.165) is 40.0 Å². The molecule has 0 radical (unpaired) electrons. The topological polar surface area (TPSA) is 0 Å². The molecule has 0 saturated carbocycles. The summed E-state index contributed by atoms with van der Waals surface area (Å²) in [6.07, 6.45) is 3.59. The van der Waals surface area contributed by atoms with Gasteiger partial charge in [-0.05, 0) is 279 Å². The van der Waals surface area contributed by atoms with E-state index in [-0.39, 0.29) is 11.4 Å². The van der Waals surface area contributed by atoms with Crippen LogP contribution in [0.2, 0.25) is 0 Å². The van der Waals surface area contributed by atoms with Gasteiger partial charge >= 0.3 is 0 Å². The van der Waals surface area contributed by atoms with E-state index in [1.807, 2.05) is 67.6 Å². The molecule has 0 aromatic heterocycles. The second-order valence-corrected chi connectivity index (χ2v) is 34.6. The van der Waals surface area contributed by atoms with Gasteiger partial charge < -0.3 is 0 Å². The monoisotopic (exact) mass is 1670 g/mol. The summed E-state index contributed by atoms with van der Waals surface area (Å²) in [6.45, 7) is 38.8. The first-order chi connectivity index (χ1) is 60.6. The summed E-state index contributed by atoms with van der Waals surface area (Å²) in [5.74, 6) is 0.675. The number of rotatable bonds is 16. The molecule has 16 aromatic rings. The van der Waals surface area contributed by atoms with Crippen LogP contribution in [-0.4, -0.2) is 0 Å². The van der Waals surface area contributed by atoms with E-state index in [9.17, 15) is 17.6 Å². The molecule has 0 saturated heterocycles. The van der Waals surface area contributed by atoms with Crippen LogP contribution in [0.5, 0.6) is 0 Å². The Hall–Kier alpha value is -12.8. The molecule has 0 aliphatic rings. The van der Waals surface area contributed by atoms with Crippen LogP contribution in [-0.2, 0) is 19.3 Å². The van der Waals surface area contributed by atoms with Crippen LogP contribution >= 0.6 is 0 Å². The highest BCUT2D eigenvalue weighted by Crippen LogP contribution is 2.39. The third-order valence-electron chi connectivity index (χ3n) is 22.0. The van der Waals surface area contributed by atoms with Crippen LogP contribution in [0.1, 0.15) is 153 Å². The molecular weight excluding hydrogens is 1540 g/mol. The molecule has 0 spiro atoms. The van der Waals surface area contributed by atoms with Gasteiger partial charge in [0.15, 0.2) is 0 Å². The Bertz CT molecular complexity index is 5750. The molecule has 126 heavy (non-hydrogen) atoms. The number of hydrogen-bond donors (Lipinski definition) is 0. The lowest BCUT2D eigenvalue weighted by atomic mass is 9.86. The van der Waals surface area contributed by atoms with Gasteiger partial charge in [0.25, 0.3) is 0 Å². The van der Waals surface area contributed by atoms with Gasteiger partial charge in [-0.2, -0.15) is 0 Å². The molecule has 16 aromatic carbocycles. The lowest BCUT2D eigenvalue weighted by molar-refractivity contribution is 0.532. The molecule has 0 nitrogen and oxygen atoms in total. The fraction of sp³-hybridized carbons (Fsp3) is 0.213. The smallest absolute Gasteiger partial charge is 0.131 e. The lowest BCUT2D eigenvalue weighted by Crippen LogP contribution is -2.00. The summed E-state index contributed by atoms with van der Waals surface area (Å²) in [5.41, 5.74) is 35.4. The molecule has 16 rings (SSSR count). The van der Waals surface area contributed by atoms with Crippen molar-refractivity contribution in [2.45, 2.75) is 156 Å². The Balaban J connectivity index is 0.000000166. The average molecular weight is 1670 g/mol. The van der Waals surface area contributed by atoms with E-state index in [1.54, 1.807) is 6.07 Å². The Morgan fingerprint density at radius 1 is 0.198 bits per heavy atom. The molecule has 0 aliphatic carbocycles. The van der Waals surface area contributed by atoms with Gasteiger partial charge in [0, 0.05) is 17.7 Å². The van der Waals surface area contributed by atoms with E-state index >= 15 is 0 Å². The lowest BCUT2D eigenvalue weighted by Gasteiger charge is -2.19. The second kappa shape index (κ2) is 49.7. The summed E-state index contributed by atoms with van der Waals surface area (Å²) in [7, 11) is 0. The second-order valence-electron chi connectivity index (χ2n) is 34.6. The van der Waals surface area contributed by atoms with Gasteiger partial charge in [0.05, 0.1) is 0 Å². The van der Waals surface area contributed by atoms with Gasteiger partial charge in [-0.15, -0.1) is 0 Å². The van der Waals surface area contributed by atoms with E-state index in [2.05, 4.69) is 414 Å². The molecule has 0 heterocycles. The molecule has 0 N–H and O–H groups in total. The van der Waals surface area contributed by atoms with Crippen LogP contribution in [0.3, 0.4) is 0 Å². The van der Waals surface area contributed by atoms with Crippen molar-refractivity contribution < 1.29 is 17.6 Å². The molecule has 0 fully saturated rings. The first-order valence-corrected chi connectivity index (χ1v) is 44.5. The van der Waals surface area contributed by atoms with Crippen molar-refractivity contribution in [1.29, 1.82) is 0 Å². The Labute approximate surface area is 752 Å². The van der Waals surface area contributed by atoms with Crippen LogP contribution in [0.25, 0.3) is 89.0 Å². The maximum atomic E-state index is 14.2. The van der Waals surface area contributed by atoms with Crippen molar-refractivity contribution in [2.24, 2.45) is 17.8 Å². The quantitative estimate of drug-likeness (QED) is 0.0846. The zero-order chi connectivity index (χ0) is 90.6. The SMILES string of the molecule is Cc1c(-c2ccccc2)cc(-c2ccccc2)cc1-c1ccccc1.Cc1c(C(C)C)cc(-c2ccccc2)cc1C(C)C.Cc1c(F)cc(-c2ccccc2)cc1-c1ccccc1.Cc1c(F)cc(F)cc1F.Cc1cc(-c2ccccc2)cc(-c2ccccc2)c1.Cc1ccc(CC(C)C)cc1.Cc1cccc(CC(C)C)c1.Cc1ccccc1CC(C)C. The van der Waals surface area contributed by atoms with E-state index in [1.165, 1.54) is 154 Å². The molecule has 644 valence electrons. The highest BCUT2D eigenvalue weighted by Gasteiger charge is 2.17. The van der Waals surface area contributed by atoms with E-state index in [0.29, 0.717) is 29.5 Å². The van der Waals surface area contributed by atoms with Crippen molar-refractivity contribution in [2.75, 3.05) is 0 Å². The van der Waals surface area contributed by atoms with E-state index in [4.69, 9.17) is 0 Å². The summed E-state index contributed by atoms with van der Waals surface area (Å²) in [6, 6.07) is 131. The molecule has 0 unspecified atom stereocenters. The highest BCUT2D eigenvalue weighted by atomic mass is 19.1. The summed E-state index contributed by atoms with van der Waals surface area (Å²) in [4.78, 5) is 0. The van der Waals surface area contributed by atoms with Crippen molar-refractivity contribution in [3.8, 4) is 89.0 Å². The number of benzene rings is 16. The summed E-state index contributed by atoms with van der Waals surface area (Å²) < 4.78 is 51.1. The summed E-state index contributed by atoms with van der Waals surface area (Å²) in [5, 5.41) is 0. The summed E-state index contributed by atoms with van der Waals surface area (Å²) >= 11 is 0. The van der Waals surface area contributed by atoms with Gasteiger partial charge in [-0.1, -0.05) is 420 Å². The van der Waals surface area contributed by atoms with Crippen LogP contribution in [0.15, 0.2) is 382 Å². The predicted octanol–water partition coefficient (Wildman–Crippen LogP) is 35.7. The standard InChI is InChI=1S/C25H20.C19H15F.C19H16.C19H24.3C11H16.C7H5F3/c1-19-24(21-13-7-3-8-14-21)17-23(20-11-5-2-6-12-20)18-25(19)22-15-9-4-10-16-22;1-14-18(16-10-6-3-7-11-16)12-17(13-19(14)20)15-8-4-2-5-9-15;1-15-12-18(16-8-4-2-5-9-16)14-19(13-15)17-10-6-3-7-11-17;1-13(2)18-11-17(16-9-7-6-8-10-16)12-19(14(3)4)15(18)5;1-9(2)8-11-6-4-10(3)5-7-11;1-9(2)7-11-6-4-5-10(3)8-11;1-9(2)8-11-7-5-4-6-10(11)3;1-4-6(9)2-5(8)3-7(4)10/h2-18H,1H3;2-13H,1H3;2-14H,1H3;6-14H,1-5H3;4-7,9H,8H2,1-3H3;4-6,8-9H,7H2,1-3H3;4-7,9H,8H2,1-3H3;2-3H,1H3. The molecule has 0 atom stereocenters. The predicted molar refractivity (Wildman–Crippen MR) is 537 cm³/mol. The minimum Gasteiger partial charge on any atom is -0.207 e. The average Bonchev–Trinajstić information content (AvgIpc) is 0.792. The fourth-order valence-electron chi connectivity index (χ4n) is 15.3. The number of aryl methyl sites for hydroxylation is 4. The Kier molecular flexibility index (Phi) is 38.2. The van der Waals surface area contributed by atoms with Crippen LogP contribution in [0.4, 0.5) is 17.6 Å². The number of hydrogen-bond acceptors (Lipinski definition) is 0. The highest BCUT2D eigenvalue weighted by molar-refractivity contribution is 5.85. The maximum absolute atomic E-state index is 14.2. The maximum Gasteiger partial charge on any atom is 0.131 e. The van der Waals surface area contributed by atoms with Gasteiger partial charge in [-0.25, -0.2) is 17.6 Å². The van der Waals surface area contributed by atoms with Crippen molar-refractivity contribution >= 4 is 0 Å². The third-order valence-corrected chi connectivity index (χ3v) is 22.0. The van der Waals surface area contributed by atoms with Gasteiger partial charge in [0.1, 0.15) is 23.3 Å². The third kappa shape index (κ3) is 30.6. The molecule has 0 aliphatic heterocycles. The largest absolute Gasteiger partial charge is 0.207 e. The fourth-order valence-corrected chi connectivity index (χ4v) is 15.3. The van der Waals surface area contributed by atoms with Crippen molar-refractivity contribution in [3.63, 3.8) is 0 Å². The number of halogens is 4.